The molecule has 2 rings (SSSR count). The first-order valence-electron chi connectivity index (χ1n) is 6.30. The summed E-state index contributed by atoms with van der Waals surface area (Å²) in [5, 5.41) is 10.4. The molecule has 1 fully saturated rings. The maximum Gasteiger partial charge on any atom is 0.256 e. The monoisotopic (exact) mass is 306 g/mol. The highest BCUT2D eigenvalue weighted by Crippen LogP contribution is 2.20. The van der Waals surface area contributed by atoms with Gasteiger partial charge in [0.05, 0.1) is 6.61 Å². The van der Waals surface area contributed by atoms with Crippen molar-refractivity contribution in [3.63, 3.8) is 0 Å². The molecular weight excluding hydrogens is 290 g/mol. The van der Waals surface area contributed by atoms with E-state index in [1.54, 1.807) is 0 Å². The molecule has 0 unspecified atom stereocenters. The molecule has 112 valence electrons. The summed E-state index contributed by atoms with van der Waals surface area (Å²) in [5.41, 5.74) is 0.00270. The van der Waals surface area contributed by atoms with Gasteiger partial charge < -0.3 is 5.11 Å². The molecule has 5 nitrogen and oxygen atoms in total. The lowest BCUT2D eigenvalue weighted by Crippen LogP contribution is -2.45. The molecule has 0 atom stereocenters. The minimum atomic E-state index is -4.20. The van der Waals surface area contributed by atoms with Crippen LogP contribution in [0.25, 0.3) is 0 Å². The van der Waals surface area contributed by atoms with Gasteiger partial charge in [0, 0.05) is 13.1 Å². The van der Waals surface area contributed by atoms with Gasteiger partial charge in [-0.3, -0.25) is 0 Å². The largest absolute Gasteiger partial charge is 0.392 e. The minimum Gasteiger partial charge on any atom is -0.392 e. The number of rotatable bonds is 4. The van der Waals surface area contributed by atoms with Crippen molar-refractivity contribution >= 4 is 10.0 Å². The third-order valence-electron chi connectivity index (χ3n) is 3.13. The zero-order valence-electron chi connectivity index (χ0n) is 10.8. The predicted molar refractivity (Wildman–Crippen MR) is 68.0 cm³/mol. The standard InChI is InChI=1S/C12H16F2N2O3S/c13-10-6-9(8-17)7-11(12(10)14)20(18,19)15-16-4-2-1-3-5-16/h6-7,15,17H,1-5,8H2. The molecule has 0 radical (unpaired) electrons. The van der Waals surface area contributed by atoms with E-state index in [1.165, 1.54) is 5.01 Å². The molecule has 0 aromatic heterocycles. The molecule has 1 aliphatic rings. The summed E-state index contributed by atoms with van der Waals surface area (Å²) >= 11 is 0. The number of nitrogens with one attached hydrogen (secondary N) is 1. The zero-order valence-corrected chi connectivity index (χ0v) is 11.6. The summed E-state index contributed by atoms with van der Waals surface area (Å²) in [4.78, 5) is 1.46. The zero-order chi connectivity index (χ0) is 14.8. The first-order chi connectivity index (χ1) is 9.44. The fourth-order valence-corrected chi connectivity index (χ4v) is 3.37. The molecule has 1 aliphatic heterocycles. The third kappa shape index (κ3) is 3.32. The van der Waals surface area contributed by atoms with Crippen molar-refractivity contribution in [1.29, 1.82) is 0 Å². The second-order valence-corrected chi connectivity index (χ2v) is 6.32. The van der Waals surface area contributed by atoms with Crippen LogP contribution in [0.1, 0.15) is 24.8 Å². The van der Waals surface area contributed by atoms with Crippen LogP contribution < -0.4 is 4.83 Å². The number of halogens is 2. The van der Waals surface area contributed by atoms with E-state index in [9.17, 15) is 17.2 Å². The number of hydrogen-bond donors (Lipinski definition) is 2. The minimum absolute atomic E-state index is 0.00270. The average Bonchev–Trinajstić information content (AvgIpc) is 2.42. The van der Waals surface area contributed by atoms with Crippen LogP contribution in [-0.4, -0.2) is 31.6 Å². The summed E-state index contributed by atoms with van der Waals surface area (Å²) in [6.07, 6.45) is 2.70. The van der Waals surface area contributed by atoms with E-state index in [4.69, 9.17) is 5.11 Å². The van der Waals surface area contributed by atoms with Crippen molar-refractivity contribution in [2.45, 2.75) is 30.8 Å². The molecule has 0 bridgehead atoms. The van der Waals surface area contributed by atoms with Crippen molar-refractivity contribution in [2.75, 3.05) is 13.1 Å². The van der Waals surface area contributed by atoms with Gasteiger partial charge in [0.25, 0.3) is 10.0 Å². The Balaban J connectivity index is 2.30. The maximum absolute atomic E-state index is 13.7. The SMILES string of the molecule is O=S(=O)(NN1CCCCC1)c1cc(CO)cc(F)c1F. The Morgan fingerprint density at radius 3 is 2.45 bits per heavy atom. The Hall–Kier alpha value is -1.09. The third-order valence-corrected chi connectivity index (χ3v) is 4.51. The van der Waals surface area contributed by atoms with Gasteiger partial charge in [0.15, 0.2) is 11.6 Å². The van der Waals surface area contributed by atoms with Crippen LogP contribution in [0.2, 0.25) is 0 Å². The summed E-state index contributed by atoms with van der Waals surface area (Å²) in [7, 11) is -4.20. The summed E-state index contributed by atoms with van der Waals surface area (Å²) < 4.78 is 51.2. The fourth-order valence-electron chi connectivity index (χ4n) is 2.11. The van der Waals surface area contributed by atoms with Crippen molar-refractivity contribution < 1.29 is 22.3 Å². The van der Waals surface area contributed by atoms with E-state index < -0.39 is 33.2 Å². The molecule has 1 aromatic carbocycles. The van der Waals surface area contributed by atoms with Crippen LogP contribution in [0.5, 0.6) is 0 Å². The first-order valence-corrected chi connectivity index (χ1v) is 7.78. The molecule has 8 heteroatoms. The van der Waals surface area contributed by atoms with Gasteiger partial charge in [-0.15, -0.1) is 4.83 Å². The van der Waals surface area contributed by atoms with Crippen LogP contribution in [0.15, 0.2) is 17.0 Å². The van der Waals surface area contributed by atoms with Gasteiger partial charge >= 0.3 is 0 Å². The van der Waals surface area contributed by atoms with Crippen LogP contribution in [-0.2, 0) is 16.6 Å². The molecule has 2 N–H and O–H groups in total. The molecule has 0 spiro atoms. The topological polar surface area (TPSA) is 69.6 Å². The second kappa shape index (κ2) is 6.13. The van der Waals surface area contributed by atoms with Gasteiger partial charge in [-0.05, 0) is 30.5 Å². The second-order valence-electron chi connectivity index (χ2n) is 4.69. The molecule has 0 saturated carbocycles. The lowest BCUT2D eigenvalue weighted by atomic mass is 10.2. The van der Waals surface area contributed by atoms with Crippen LogP contribution in [0.3, 0.4) is 0 Å². The van der Waals surface area contributed by atoms with E-state index in [0.717, 1.165) is 31.4 Å². The van der Waals surface area contributed by atoms with E-state index >= 15 is 0 Å². The average molecular weight is 306 g/mol. The van der Waals surface area contributed by atoms with Gasteiger partial charge in [0.2, 0.25) is 0 Å². The Bertz CT molecular complexity index is 587. The van der Waals surface area contributed by atoms with Crippen LogP contribution in [0.4, 0.5) is 8.78 Å². The van der Waals surface area contributed by atoms with Gasteiger partial charge in [0.1, 0.15) is 4.90 Å². The number of aliphatic hydroxyl groups excluding tert-OH is 1. The number of aliphatic hydroxyl groups is 1. The molecule has 1 heterocycles. The number of benzene rings is 1. The van der Waals surface area contributed by atoms with Crippen LogP contribution in [0, 0.1) is 11.6 Å². The van der Waals surface area contributed by atoms with Crippen LogP contribution >= 0.6 is 0 Å². The highest BCUT2D eigenvalue weighted by molar-refractivity contribution is 7.89. The molecule has 20 heavy (non-hydrogen) atoms. The van der Waals surface area contributed by atoms with E-state index in [2.05, 4.69) is 4.83 Å². The summed E-state index contributed by atoms with van der Waals surface area (Å²) in [5.74, 6) is -2.73. The number of hydrazine groups is 1. The maximum atomic E-state index is 13.7. The summed E-state index contributed by atoms with van der Waals surface area (Å²) in [6, 6.07) is 1.71. The molecular formula is C12H16F2N2O3S. The fraction of sp³-hybridized carbons (Fsp3) is 0.500. The number of hydrogen-bond acceptors (Lipinski definition) is 4. The molecule has 1 saturated heterocycles. The smallest absolute Gasteiger partial charge is 0.256 e. The molecule has 0 aliphatic carbocycles. The predicted octanol–water partition coefficient (Wildman–Crippen LogP) is 1.14. The Kier molecular flexibility index (Phi) is 4.69. The number of sulfonamides is 1. The highest BCUT2D eigenvalue weighted by Gasteiger charge is 2.25. The van der Waals surface area contributed by atoms with Gasteiger partial charge in [-0.2, -0.15) is 0 Å². The normalized spacial score (nSPS) is 17.4. The van der Waals surface area contributed by atoms with Gasteiger partial charge in [-0.25, -0.2) is 22.2 Å². The number of nitrogens with zero attached hydrogens (tertiary/aromatic N) is 1. The first kappa shape index (κ1) is 15.3. The van der Waals surface area contributed by atoms with E-state index in [-0.39, 0.29) is 5.56 Å². The lowest BCUT2D eigenvalue weighted by molar-refractivity contribution is 0.199. The summed E-state index contributed by atoms with van der Waals surface area (Å²) in [6.45, 7) is 0.496. The van der Waals surface area contributed by atoms with E-state index in [1.807, 2.05) is 0 Å². The van der Waals surface area contributed by atoms with Crippen molar-refractivity contribution in [3.05, 3.63) is 29.3 Å². The van der Waals surface area contributed by atoms with Crippen molar-refractivity contribution in [3.8, 4) is 0 Å². The van der Waals surface area contributed by atoms with Gasteiger partial charge in [-0.1, -0.05) is 6.42 Å². The van der Waals surface area contributed by atoms with E-state index in [0.29, 0.717) is 13.1 Å². The molecule has 0 amide bonds. The Labute approximate surface area is 116 Å². The Morgan fingerprint density at radius 2 is 1.85 bits per heavy atom. The lowest BCUT2D eigenvalue weighted by Gasteiger charge is -2.26. The Morgan fingerprint density at radius 1 is 1.20 bits per heavy atom. The molecule has 1 aromatic rings. The quantitative estimate of drug-likeness (QED) is 0.875. The van der Waals surface area contributed by atoms with Crippen molar-refractivity contribution in [1.82, 2.24) is 9.84 Å². The van der Waals surface area contributed by atoms with Crippen molar-refractivity contribution in [2.24, 2.45) is 0 Å². The highest BCUT2D eigenvalue weighted by atomic mass is 32.2. The number of piperidine rings is 1.